The van der Waals surface area contributed by atoms with E-state index >= 15 is 0 Å². The molecular formula is C35H52NO6. The van der Waals surface area contributed by atoms with Crippen molar-refractivity contribution < 1.29 is 29.3 Å². The summed E-state index contributed by atoms with van der Waals surface area (Å²) in [7, 11) is 0. The van der Waals surface area contributed by atoms with Crippen molar-refractivity contribution in [2.45, 2.75) is 134 Å². The molecule has 0 aliphatic heterocycles. The minimum Gasteiger partial charge on any atom is -0.490 e. The third-order valence-corrected chi connectivity index (χ3v) is 7.92. The summed E-state index contributed by atoms with van der Waals surface area (Å²) in [5, 5.41) is 22.3. The number of ether oxygens (including phenoxy) is 1. The summed E-state index contributed by atoms with van der Waals surface area (Å²) in [6.07, 6.45) is 20.9. The van der Waals surface area contributed by atoms with Crippen LogP contribution in [0.5, 0.6) is 5.75 Å². The van der Waals surface area contributed by atoms with Gasteiger partial charge in [-0.3, -0.25) is 9.59 Å². The van der Waals surface area contributed by atoms with E-state index in [0.717, 1.165) is 62.7 Å². The number of allylic oxidation sites excluding steroid dienone is 1. The second kappa shape index (κ2) is 20.3. The van der Waals surface area contributed by atoms with E-state index in [4.69, 9.17) is 11.7 Å². The fourth-order valence-corrected chi connectivity index (χ4v) is 5.23. The average Bonchev–Trinajstić information content (AvgIpc) is 2.97. The number of amides is 1. The van der Waals surface area contributed by atoms with Gasteiger partial charge >= 0.3 is 5.97 Å². The number of hydrogen-bond donors (Lipinski definition) is 3. The van der Waals surface area contributed by atoms with E-state index in [9.17, 15) is 24.6 Å². The lowest BCUT2D eigenvalue weighted by Gasteiger charge is -2.25. The standard InChI is InChI=1S/C35H52NO6/c1-3-4-5-8-12-17-29(37)18-13-9-6-7-10-16-21-32(35(2,41)34(39)40)33(38)36-27-26-28-22-24-31(25-23-28)42-30-19-14-11-15-20-30/h2,16,21-25,27,30,32,41H,3-15,17-20,26H2,1H3,(H,36,38)(H,39,40)/b21-16+/t32-,35+/m1/s1. The summed E-state index contributed by atoms with van der Waals surface area (Å²) in [4.78, 5) is 36.4. The summed E-state index contributed by atoms with van der Waals surface area (Å²) in [6, 6.07) is 7.70. The molecule has 7 heteroatoms. The molecule has 1 aromatic carbocycles. The molecule has 0 aromatic heterocycles. The second-order valence-electron chi connectivity index (χ2n) is 11.6. The van der Waals surface area contributed by atoms with E-state index in [1.165, 1.54) is 51.1 Å². The number of carbonyl (C=O) groups excluding carboxylic acids is 2. The maximum atomic E-state index is 12.8. The van der Waals surface area contributed by atoms with Gasteiger partial charge in [0.15, 0.2) is 5.60 Å². The zero-order valence-electron chi connectivity index (χ0n) is 25.5. The number of Topliss-reactive ketones (excluding diaryl/α,β-unsaturated/α-hetero) is 1. The van der Waals surface area contributed by atoms with Gasteiger partial charge in [-0.2, -0.15) is 0 Å². The molecule has 1 amide bonds. The van der Waals surface area contributed by atoms with Gasteiger partial charge in [0, 0.05) is 19.8 Å². The first-order valence-corrected chi connectivity index (χ1v) is 16.0. The predicted octanol–water partition coefficient (Wildman–Crippen LogP) is 7.19. The van der Waals surface area contributed by atoms with E-state index in [-0.39, 0.29) is 6.10 Å². The van der Waals surface area contributed by atoms with Crippen LogP contribution in [0.4, 0.5) is 0 Å². The van der Waals surface area contributed by atoms with Crippen LogP contribution in [0.25, 0.3) is 0 Å². The van der Waals surface area contributed by atoms with E-state index in [2.05, 4.69) is 12.2 Å². The third-order valence-electron chi connectivity index (χ3n) is 7.92. The van der Waals surface area contributed by atoms with E-state index < -0.39 is 23.4 Å². The average molecular weight is 583 g/mol. The van der Waals surface area contributed by atoms with Crippen molar-refractivity contribution in [2.75, 3.05) is 0 Å². The molecular weight excluding hydrogens is 530 g/mol. The Morgan fingerprint density at radius 2 is 1.60 bits per heavy atom. The minimum atomic E-state index is -2.73. The number of benzene rings is 1. The maximum Gasteiger partial charge on any atom is 0.337 e. The Morgan fingerprint density at radius 1 is 0.976 bits per heavy atom. The van der Waals surface area contributed by atoms with Gasteiger partial charge in [0.2, 0.25) is 5.91 Å². The van der Waals surface area contributed by atoms with Crippen LogP contribution in [-0.4, -0.2) is 39.6 Å². The van der Waals surface area contributed by atoms with Gasteiger partial charge in [0.05, 0.1) is 18.6 Å². The van der Waals surface area contributed by atoms with Gasteiger partial charge in [-0.1, -0.05) is 76.2 Å². The lowest BCUT2D eigenvalue weighted by atomic mass is 9.87. The highest BCUT2D eigenvalue weighted by Crippen LogP contribution is 2.24. The van der Waals surface area contributed by atoms with Crippen molar-refractivity contribution in [3.05, 3.63) is 55.4 Å². The minimum absolute atomic E-state index is 0.273. The molecule has 0 saturated heterocycles. The lowest BCUT2D eigenvalue weighted by Crippen LogP contribution is -2.49. The number of aliphatic hydroxyl groups is 1. The summed E-state index contributed by atoms with van der Waals surface area (Å²) in [5.74, 6) is -2.64. The third kappa shape index (κ3) is 14.0. The van der Waals surface area contributed by atoms with Gasteiger partial charge < -0.3 is 20.3 Å². The van der Waals surface area contributed by atoms with Crippen molar-refractivity contribution >= 4 is 17.7 Å². The van der Waals surface area contributed by atoms with Gasteiger partial charge in [0.25, 0.3) is 0 Å². The molecule has 42 heavy (non-hydrogen) atoms. The van der Waals surface area contributed by atoms with Crippen LogP contribution in [-0.2, 0) is 20.8 Å². The van der Waals surface area contributed by atoms with Crippen LogP contribution >= 0.6 is 0 Å². The molecule has 1 aliphatic carbocycles. The Labute approximate surface area is 253 Å². The number of rotatable bonds is 22. The number of carbonyl (C=O) groups is 3. The molecule has 1 fully saturated rings. The smallest absolute Gasteiger partial charge is 0.337 e. The first-order valence-electron chi connectivity index (χ1n) is 16.0. The van der Waals surface area contributed by atoms with Gasteiger partial charge in [0.1, 0.15) is 11.5 Å². The predicted molar refractivity (Wildman–Crippen MR) is 166 cm³/mol. The Morgan fingerprint density at radius 3 is 2.21 bits per heavy atom. The Bertz CT molecular complexity index is 949. The molecule has 7 nitrogen and oxygen atoms in total. The Balaban J connectivity index is 1.70. The molecule has 3 N–H and O–H groups in total. The van der Waals surface area contributed by atoms with E-state index in [1.807, 2.05) is 24.3 Å². The van der Waals surface area contributed by atoms with Crippen LogP contribution in [0.1, 0.15) is 122 Å². The van der Waals surface area contributed by atoms with Crippen LogP contribution in [0.15, 0.2) is 36.4 Å². The molecule has 233 valence electrons. The zero-order chi connectivity index (χ0) is 30.6. The van der Waals surface area contributed by atoms with E-state index in [0.29, 0.717) is 31.5 Å². The summed E-state index contributed by atoms with van der Waals surface area (Å²) in [6.45, 7) is 9.34. The zero-order valence-corrected chi connectivity index (χ0v) is 25.5. The monoisotopic (exact) mass is 582 g/mol. The van der Waals surface area contributed by atoms with Crippen molar-refractivity contribution in [1.82, 2.24) is 5.32 Å². The van der Waals surface area contributed by atoms with Crippen molar-refractivity contribution in [3.8, 4) is 5.75 Å². The Kier molecular flexibility index (Phi) is 17.1. The van der Waals surface area contributed by atoms with Crippen molar-refractivity contribution in [2.24, 2.45) is 5.92 Å². The second-order valence-corrected chi connectivity index (χ2v) is 11.6. The number of aliphatic carboxylic acids is 1. The van der Waals surface area contributed by atoms with Gasteiger partial charge in [-0.05, 0) is 75.5 Å². The van der Waals surface area contributed by atoms with Crippen molar-refractivity contribution in [1.29, 1.82) is 0 Å². The molecule has 1 aliphatic rings. The Hall–Kier alpha value is -2.67. The van der Waals surface area contributed by atoms with Crippen LogP contribution < -0.4 is 10.1 Å². The topological polar surface area (TPSA) is 113 Å². The normalized spacial score (nSPS) is 16.2. The molecule has 0 unspecified atom stereocenters. The first-order chi connectivity index (χ1) is 20.2. The lowest BCUT2D eigenvalue weighted by molar-refractivity contribution is -0.160. The van der Waals surface area contributed by atoms with Crippen LogP contribution in [0, 0.1) is 19.4 Å². The fourth-order valence-electron chi connectivity index (χ4n) is 5.23. The summed E-state index contributed by atoms with van der Waals surface area (Å²) >= 11 is 0. The number of ketones is 1. The quantitative estimate of drug-likeness (QED) is 0.0985. The number of nitrogens with one attached hydrogen (secondary N) is 1. The molecule has 0 heterocycles. The van der Waals surface area contributed by atoms with Crippen LogP contribution in [0.2, 0.25) is 0 Å². The van der Waals surface area contributed by atoms with Crippen molar-refractivity contribution in [3.63, 3.8) is 0 Å². The summed E-state index contributed by atoms with van der Waals surface area (Å²) < 4.78 is 6.05. The SMILES string of the molecule is [CH][C@@](O)(C(=O)O)[C@H](/C=C/CCCCCCC(=O)CCCCCCC)C(=O)N[CH]Cc1ccc(OC2CCCCC2)cc1. The molecule has 0 bridgehead atoms. The highest BCUT2D eigenvalue weighted by atomic mass is 16.5. The number of hydrogen-bond acceptors (Lipinski definition) is 5. The largest absolute Gasteiger partial charge is 0.490 e. The maximum absolute atomic E-state index is 12.8. The molecule has 2 atom stereocenters. The number of carboxylic acids is 1. The number of unbranched alkanes of at least 4 members (excludes halogenated alkanes) is 8. The van der Waals surface area contributed by atoms with Crippen LogP contribution in [0.3, 0.4) is 0 Å². The molecule has 3 radical (unpaired) electrons. The highest BCUT2D eigenvalue weighted by molar-refractivity contribution is 5.91. The molecule has 2 rings (SSSR count). The van der Waals surface area contributed by atoms with Gasteiger partial charge in [-0.15, -0.1) is 0 Å². The molecule has 0 spiro atoms. The van der Waals surface area contributed by atoms with Gasteiger partial charge in [-0.25, -0.2) is 4.79 Å². The number of carboxylic acid groups (broad SMARTS) is 1. The molecule has 1 aromatic rings. The first kappa shape index (κ1) is 35.5. The molecule has 1 saturated carbocycles. The highest BCUT2D eigenvalue weighted by Gasteiger charge is 2.42. The fraction of sp³-hybridized carbons (Fsp3) is 0.629. The summed E-state index contributed by atoms with van der Waals surface area (Å²) in [5.41, 5.74) is -1.78. The van der Waals surface area contributed by atoms with E-state index in [1.54, 1.807) is 6.08 Å².